The average molecular weight is 247 g/mol. The molecule has 0 fully saturated rings. The molecule has 0 saturated heterocycles. The van der Waals surface area contributed by atoms with Gasteiger partial charge >= 0.3 is 0 Å². The maximum absolute atomic E-state index is 13.8. The molecule has 0 aliphatic rings. The molecule has 0 aliphatic carbocycles. The number of nitrogens with one attached hydrogen (secondary N) is 1. The van der Waals surface area contributed by atoms with Crippen LogP contribution < -0.4 is 10.1 Å². The van der Waals surface area contributed by atoms with Crippen LogP contribution in [-0.2, 0) is 0 Å². The Kier molecular flexibility index (Phi) is 3.41. The highest BCUT2D eigenvalue weighted by Crippen LogP contribution is 2.25. The van der Waals surface area contributed by atoms with Crippen molar-refractivity contribution in [2.24, 2.45) is 0 Å². The number of nitrogens with zero attached hydrogens (tertiary/aromatic N) is 2. The third kappa shape index (κ3) is 2.56. The summed E-state index contributed by atoms with van der Waals surface area (Å²) in [6, 6.07) is 6.61. The normalized spacial score (nSPS) is 10.2. The molecule has 0 unspecified atom stereocenters. The third-order valence-corrected chi connectivity index (χ3v) is 2.44. The molecule has 2 rings (SSSR count). The van der Waals surface area contributed by atoms with Gasteiger partial charge in [0.1, 0.15) is 11.6 Å². The maximum Gasteiger partial charge on any atom is 0.224 e. The van der Waals surface area contributed by atoms with Crippen molar-refractivity contribution in [3.05, 3.63) is 41.5 Å². The Balaban J connectivity index is 2.34. The molecule has 4 nitrogen and oxygen atoms in total. The van der Waals surface area contributed by atoms with Crippen LogP contribution in [0.15, 0.2) is 24.3 Å². The van der Waals surface area contributed by atoms with Crippen LogP contribution >= 0.6 is 0 Å². The van der Waals surface area contributed by atoms with E-state index in [0.717, 1.165) is 0 Å². The molecule has 0 atom stereocenters. The zero-order chi connectivity index (χ0) is 13.1. The minimum absolute atomic E-state index is 0.162. The lowest BCUT2D eigenvalue weighted by atomic mass is 10.2. The van der Waals surface area contributed by atoms with Crippen molar-refractivity contribution in [1.82, 2.24) is 9.97 Å². The van der Waals surface area contributed by atoms with E-state index in [1.165, 1.54) is 0 Å². The van der Waals surface area contributed by atoms with Gasteiger partial charge in [0.15, 0.2) is 11.6 Å². The van der Waals surface area contributed by atoms with Crippen molar-refractivity contribution in [1.29, 1.82) is 0 Å². The van der Waals surface area contributed by atoms with Crippen molar-refractivity contribution < 1.29 is 9.13 Å². The Labute approximate surface area is 105 Å². The van der Waals surface area contributed by atoms with Gasteiger partial charge in [0, 0.05) is 13.1 Å². The highest BCUT2D eigenvalue weighted by Gasteiger charge is 2.09. The van der Waals surface area contributed by atoms with Crippen LogP contribution in [0, 0.1) is 19.7 Å². The second-order valence-corrected chi connectivity index (χ2v) is 3.88. The van der Waals surface area contributed by atoms with Crippen molar-refractivity contribution in [3.63, 3.8) is 0 Å². The molecular weight excluding hydrogens is 233 g/mol. The summed E-state index contributed by atoms with van der Waals surface area (Å²) in [5.74, 6) is 1.29. The van der Waals surface area contributed by atoms with E-state index >= 15 is 0 Å². The van der Waals surface area contributed by atoms with Gasteiger partial charge in [0.2, 0.25) is 5.88 Å². The van der Waals surface area contributed by atoms with Gasteiger partial charge in [-0.05, 0) is 25.5 Å². The Morgan fingerprint density at radius 2 is 2.00 bits per heavy atom. The Morgan fingerprint density at radius 3 is 2.72 bits per heavy atom. The second-order valence-electron chi connectivity index (χ2n) is 3.88. The lowest BCUT2D eigenvalue weighted by molar-refractivity contribution is 0.423. The van der Waals surface area contributed by atoms with Crippen LogP contribution in [0.3, 0.4) is 0 Å². The summed E-state index contributed by atoms with van der Waals surface area (Å²) in [6.45, 7) is 3.44. The SMILES string of the molecule is CNc1cc(Oc2cccc(C)c2F)nc(C)n1. The lowest BCUT2D eigenvalue weighted by Crippen LogP contribution is -1.99. The number of rotatable bonds is 3. The fourth-order valence-corrected chi connectivity index (χ4v) is 1.53. The van der Waals surface area contributed by atoms with E-state index in [1.807, 2.05) is 0 Å². The van der Waals surface area contributed by atoms with Gasteiger partial charge in [-0.25, -0.2) is 9.37 Å². The van der Waals surface area contributed by atoms with Gasteiger partial charge in [-0.3, -0.25) is 0 Å². The van der Waals surface area contributed by atoms with E-state index < -0.39 is 0 Å². The zero-order valence-electron chi connectivity index (χ0n) is 10.5. The second kappa shape index (κ2) is 5.00. The summed E-state index contributed by atoms with van der Waals surface area (Å²) in [4.78, 5) is 8.25. The van der Waals surface area contributed by atoms with Gasteiger partial charge in [-0.15, -0.1) is 0 Å². The van der Waals surface area contributed by atoms with E-state index in [4.69, 9.17) is 4.74 Å². The number of benzene rings is 1. The average Bonchev–Trinajstić information content (AvgIpc) is 2.34. The number of anilines is 1. The number of hydrogen-bond acceptors (Lipinski definition) is 4. The number of aromatic nitrogens is 2. The maximum atomic E-state index is 13.8. The fourth-order valence-electron chi connectivity index (χ4n) is 1.53. The first-order chi connectivity index (χ1) is 8.60. The van der Waals surface area contributed by atoms with E-state index in [0.29, 0.717) is 23.1 Å². The van der Waals surface area contributed by atoms with E-state index in [9.17, 15) is 4.39 Å². The van der Waals surface area contributed by atoms with Gasteiger partial charge < -0.3 is 10.1 Å². The standard InChI is InChI=1S/C13H14FN3O/c1-8-5-4-6-10(13(8)14)18-12-7-11(15-3)16-9(2)17-12/h4-7H,1-3H3,(H,15,16,17). The van der Waals surface area contributed by atoms with Gasteiger partial charge in [0.25, 0.3) is 0 Å². The number of hydrogen-bond donors (Lipinski definition) is 1. The first-order valence-electron chi connectivity index (χ1n) is 5.56. The summed E-state index contributed by atoms with van der Waals surface area (Å²) in [7, 11) is 1.75. The van der Waals surface area contributed by atoms with Crippen LogP contribution in [0.4, 0.5) is 10.2 Å². The summed E-state index contributed by atoms with van der Waals surface area (Å²) in [5, 5.41) is 2.90. The predicted molar refractivity (Wildman–Crippen MR) is 67.5 cm³/mol. The molecule has 0 amide bonds. The highest BCUT2D eigenvalue weighted by atomic mass is 19.1. The largest absolute Gasteiger partial charge is 0.436 e. The van der Waals surface area contributed by atoms with Crippen LogP contribution in [0.2, 0.25) is 0 Å². The predicted octanol–water partition coefficient (Wildman–Crippen LogP) is 3.07. The Bertz CT molecular complexity index is 572. The minimum atomic E-state index is -0.375. The van der Waals surface area contributed by atoms with Gasteiger partial charge in [-0.1, -0.05) is 12.1 Å². The zero-order valence-corrected chi connectivity index (χ0v) is 10.5. The number of aryl methyl sites for hydroxylation is 2. The molecule has 18 heavy (non-hydrogen) atoms. The molecular formula is C13H14FN3O. The number of ether oxygens (including phenoxy) is 1. The molecule has 94 valence electrons. The molecule has 1 aromatic heterocycles. The number of halogens is 1. The van der Waals surface area contributed by atoms with Crippen LogP contribution in [0.1, 0.15) is 11.4 Å². The molecule has 0 bridgehead atoms. The van der Waals surface area contributed by atoms with Crippen LogP contribution in [0.25, 0.3) is 0 Å². The van der Waals surface area contributed by atoms with E-state index in [2.05, 4.69) is 15.3 Å². The lowest BCUT2D eigenvalue weighted by Gasteiger charge is -2.09. The molecule has 5 heteroatoms. The molecule has 1 N–H and O–H groups in total. The Hall–Kier alpha value is -2.17. The molecule has 1 aromatic carbocycles. The summed E-state index contributed by atoms with van der Waals surface area (Å²) >= 11 is 0. The van der Waals surface area contributed by atoms with Crippen molar-refractivity contribution >= 4 is 5.82 Å². The van der Waals surface area contributed by atoms with Gasteiger partial charge in [-0.2, -0.15) is 4.98 Å². The quantitative estimate of drug-likeness (QED) is 0.905. The van der Waals surface area contributed by atoms with Crippen molar-refractivity contribution in [2.75, 3.05) is 12.4 Å². The first-order valence-corrected chi connectivity index (χ1v) is 5.56. The topological polar surface area (TPSA) is 47.0 Å². The Morgan fingerprint density at radius 1 is 1.22 bits per heavy atom. The highest BCUT2D eigenvalue weighted by molar-refractivity contribution is 5.40. The monoisotopic (exact) mass is 247 g/mol. The fraction of sp³-hybridized carbons (Fsp3) is 0.231. The smallest absolute Gasteiger partial charge is 0.224 e. The van der Waals surface area contributed by atoms with Gasteiger partial charge in [0.05, 0.1) is 0 Å². The third-order valence-electron chi connectivity index (χ3n) is 2.44. The molecule has 1 heterocycles. The van der Waals surface area contributed by atoms with Crippen molar-refractivity contribution in [2.45, 2.75) is 13.8 Å². The van der Waals surface area contributed by atoms with Crippen LogP contribution in [0.5, 0.6) is 11.6 Å². The molecule has 0 saturated carbocycles. The summed E-state index contributed by atoms with van der Waals surface area (Å²) < 4.78 is 19.2. The minimum Gasteiger partial charge on any atom is -0.436 e. The molecule has 0 spiro atoms. The molecule has 0 aliphatic heterocycles. The summed E-state index contributed by atoms with van der Waals surface area (Å²) in [6.07, 6.45) is 0. The molecule has 0 radical (unpaired) electrons. The summed E-state index contributed by atoms with van der Waals surface area (Å²) in [5.41, 5.74) is 0.534. The van der Waals surface area contributed by atoms with Crippen molar-refractivity contribution in [3.8, 4) is 11.6 Å². The van der Waals surface area contributed by atoms with E-state index in [-0.39, 0.29) is 11.6 Å². The molecule has 2 aromatic rings. The van der Waals surface area contributed by atoms with Crippen LogP contribution in [-0.4, -0.2) is 17.0 Å². The first kappa shape index (κ1) is 12.3. The van der Waals surface area contributed by atoms with E-state index in [1.54, 1.807) is 45.2 Å².